The lowest BCUT2D eigenvalue weighted by Crippen LogP contribution is -2.57. The van der Waals surface area contributed by atoms with Crippen LogP contribution in [0.1, 0.15) is 80.6 Å². The summed E-state index contributed by atoms with van der Waals surface area (Å²) in [4.78, 5) is 34.8. The van der Waals surface area contributed by atoms with Crippen molar-refractivity contribution in [1.29, 1.82) is 0 Å². The van der Waals surface area contributed by atoms with Crippen molar-refractivity contribution in [3.63, 3.8) is 0 Å². The second-order valence-corrected chi connectivity index (χ2v) is 9.93. The Hall–Kier alpha value is -2.11. The molecule has 1 unspecified atom stereocenters. The molecule has 0 N–H and O–H groups in total. The lowest BCUT2D eigenvalue weighted by Gasteiger charge is -2.57. The average Bonchev–Trinajstić information content (AvgIpc) is 2.60. The molecule has 0 spiro atoms. The smallest absolute Gasteiger partial charge is 0.303 e. The minimum Gasteiger partial charge on any atom is -0.462 e. The first-order valence-electron chi connectivity index (χ1n) is 11.2. The summed E-state index contributed by atoms with van der Waals surface area (Å²) in [5.41, 5.74) is 2.18. The molecule has 0 radical (unpaired) electrons. The van der Waals surface area contributed by atoms with Crippen molar-refractivity contribution in [2.24, 2.45) is 16.7 Å². The highest BCUT2D eigenvalue weighted by Crippen LogP contribution is 2.60. The zero-order valence-corrected chi connectivity index (χ0v) is 20.1. The molecule has 31 heavy (non-hydrogen) atoms. The van der Waals surface area contributed by atoms with E-state index in [-0.39, 0.29) is 41.3 Å². The highest BCUT2D eigenvalue weighted by molar-refractivity contribution is 5.68. The fourth-order valence-electron chi connectivity index (χ4n) is 5.65. The number of fused-ring (bicyclic) bond motifs is 1. The number of ether oxygens (including phenoxy) is 3. The fourth-order valence-corrected chi connectivity index (χ4v) is 5.65. The van der Waals surface area contributed by atoms with Gasteiger partial charge in [0.15, 0.2) is 6.10 Å². The summed E-state index contributed by atoms with van der Waals surface area (Å²) in [7, 11) is 0. The lowest BCUT2D eigenvalue weighted by atomic mass is 9.49. The van der Waals surface area contributed by atoms with Crippen LogP contribution < -0.4 is 0 Å². The number of hydrogen-bond donors (Lipinski definition) is 0. The zero-order chi connectivity index (χ0) is 23.4. The predicted molar refractivity (Wildman–Crippen MR) is 118 cm³/mol. The average molecular weight is 435 g/mol. The number of carbonyl (C=O) groups excluding carboxylic acids is 3. The molecule has 2 aliphatic carbocycles. The van der Waals surface area contributed by atoms with E-state index < -0.39 is 12.2 Å². The normalized spacial score (nSPS) is 30.0. The summed E-state index contributed by atoms with van der Waals surface area (Å²) in [6, 6.07) is 0. The maximum Gasteiger partial charge on any atom is 0.303 e. The van der Waals surface area contributed by atoms with Crippen molar-refractivity contribution in [3.8, 4) is 0 Å². The standard InChI is InChI=1S/C25H38O6/c1-16(11-14-29-17(2)26)9-10-20-15-21(30-18(3)27)22(31-19(4)28)23-24(5,6)12-8-13-25(20,23)7/h11,15,21-23H,8-10,12-14H2,1-7H3/b16-11-/t21-,22+,23?,25+/m0/s1. The van der Waals surface area contributed by atoms with E-state index in [1.807, 2.05) is 19.1 Å². The molecule has 6 nitrogen and oxygen atoms in total. The molecule has 0 aromatic carbocycles. The molecule has 0 saturated heterocycles. The number of allylic oxidation sites excluding steroid dienone is 2. The molecule has 0 aliphatic heterocycles. The van der Waals surface area contributed by atoms with Gasteiger partial charge in [-0.05, 0) is 55.6 Å². The second kappa shape index (κ2) is 10.0. The summed E-state index contributed by atoms with van der Waals surface area (Å²) in [5, 5.41) is 0. The summed E-state index contributed by atoms with van der Waals surface area (Å²) in [6.45, 7) is 13.2. The Bertz CT molecular complexity index is 762. The van der Waals surface area contributed by atoms with E-state index in [4.69, 9.17) is 14.2 Å². The Balaban J connectivity index is 2.38. The van der Waals surface area contributed by atoms with Crippen LogP contribution in [0.3, 0.4) is 0 Å². The van der Waals surface area contributed by atoms with Gasteiger partial charge in [-0.1, -0.05) is 38.3 Å². The van der Waals surface area contributed by atoms with Gasteiger partial charge >= 0.3 is 17.9 Å². The van der Waals surface area contributed by atoms with Gasteiger partial charge in [0.05, 0.1) is 0 Å². The van der Waals surface area contributed by atoms with Gasteiger partial charge in [-0.25, -0.2) is 0 Å². The quantitative estimate of drug-likeness (QED) is 0.322. The molecule has 4 atom stereocenters. The Morgan fingerprint density at radius 1 is 1.00 bits per heavy atom. The van der Waals surface area contributed by atoms with Crippen molar-refractivity contribution in [3.05, 3.63) is 23.3 Å². The van der Waals surface area contributed by atoms with E-state index in [1.54, 1.807) is 0 Å². The number of rotatable bonds is 7. The van der Waals surface area contributed by atoms with E-state index in [9.17, 15) is 14.4 Å². The third kappa shape index (κ3) is 6.20. The first-order chi connectivity index (χ1) is 14.4. The molecule has 174 valence electrons. The van der Waals surface area contributed by atoms with E-state index in [2.05, 4.69) is 20.8 Å². The summed E-state index contributed by atoms with van der Waals surface area (Å²) in [6.07, 6.45) is 7.65. The molecular weight excluding hydrogens is 396 g/mol. The van der Waals surface area contributed by atoms with Crippen LogP contribution in [0.2, 0.25) is 0 Å². The van der Waals surface area contributed by atoms with Crippen LogP contribution in [-0.4, -0.2) is 36.7 Å². The monoisotopic (exact) mass is 434 g/mol. The van der Waals surface area contributed by atoms with Gasteiger partial charge in [-0.15, -0.1) is 0 Å². The van der Waals surface area contributed by atoms with Gasteiger partial charge in [0.25, 0.3) is 0 Å². The van der Waals surface area contributed by atoms with E-state index in [0.29, 0.717) is 0 Å². The van der Waals surface area contributed by atoms with Crippen LogP contribution >= 0.6 is 0 Å². The molecule has 0 bridgehead atoms. The molecule has 1 saturated carbocycles. The van der Waals surface area contributed by atoms with Crippen LogP contribution in [-0.2, 0) is 28.6 Å². The third-order valence-corrected chi connectivity index (χ3v) is 6.91. The first-order valence-corrected chi connectivity index (χ1v) is 11.2. The molecule has 6 heteroatoms. The molecule has 2 aliphatic rings. The van der Waals surface area contributed by atoms with Gasteiger partial charge in [-0.2, -0.15) is 0 Å². The predicted octanol–water partition coefficient (Wildman–Crippen LogP) is 4.91. The topological polar surface area (TPSA) is 78.9 Å². The van der Waals surface area contributed by atoms with Crippen molar-refractivity contribution < 1.29 is 28.6 Å². The Morgan fingerprint density at radius 2 is 1.65 bits per heavy atom. The molecule has 0 aromatic rings. The highest BCUT2D eigenvalue weighted by atomic mass is 16.6. The fraction of sp³-hybridized carbons (Fsp3) is 0.720. The maximum absolute atomic E-state index is 12.0. The minimum absolute atomic E-state index is 0.0485. The number of hydrogen-bond acceptors (Lipinski definition) is 6. The van der Waals surface area contributed by atoms with E-state index >= 15 is 0 Å². The molecular formula is C25H38O6. The maximum atomic E-state index is 12.0. The molecule has 2 rings (SSSR count). The van der Waals surface area contributed by atoms with E-state index in [0.717, 1.165) is 37.7 Å². The minimum atomic E-state index is -0.586. The summed E-state index contributed by atoms with van der Waals surface area (Å²) < 4.78 is 16.5. The van der Waals surface area contributed by atoms with Gasteiger partial charge in [0, 0.05) is 26.7 Å². The summed E-state index contributed by atoms with van der Waals surface area (Å²) in [5.74, 6) is -0.980. The lowest BCUT2D eigenvalue weighted by molar-refractivity contribution is -0.183. The van der Waals surface area contributed by atoms with E-state index in [1.165, 1.54) is 26.3 Å². The van der Waals surface area contributed by atoms with Gasteiger partial charge in [0.1, 0.15) is 12.7 Å². The van der Waals surface area contributed by atoms with Crippen LogP contribution in [0.15, 0.2) is 23.3 Å². The van der Waals surface area contributed by atoms with Crippen molar-refractivity contribution in [2.45, 2.75) is 92.8 Å². The zero-order valence-electron chi connectivity index (χ0n) is 20.1. The van der Waals surface area contributed by atoms with Crippen LogP contribution in [0.4, 0.5) is 0 Å². The van der Waals surface area contributed by atoms with Gasteiger partial charge < -0.3 is 14.2 Å². The van der Waals surface area contributed by atoms with Crippen molar-refractivity contribution in [1.82, 2.24) is 0 Å². The molecule has 0 aromatic heterocycles. The molecule has 0 heterocycles. The Morgan fingerprint density at radius 3 is 2.23 bits per heavy atom. The number of carbonyl (C=O) groups is 3. The Kier molecular flexibility index (Phi) is 8.12. The van der Waals surface area contributed by atoms with Gasteiger partial charge in [0.2, 0.25) is 0 Å². The number of esters is 3. The largest absolute Gasteiger partial charge is 0.462 e. The molecule has 1 fully saturated rings. The van der Waals surface area contributed by atoms with Crippen molar-refractivity contribution in [2.75, 3.05) is 6.61 Å². The highest BCUT2D eigenvalue weighted by Gasteiger charge is 2.57. The van der Waals surface area contributed by atoms with Crippen LogP contribution in [0.5, 0.6) is 0 Å². The van der Waals surface area contributed by atoms with Crippen LogP contribution in [0, 0.1) is 16.7 Å². The Labute approximate surface area is 186 Å². The van der Waals surface area contributed by atoms with Gasteiger partial charge in [-0.3, -0.25) is 14.4 Å². The summed E-state index contributed by atoms with van der Waals surface area (Å²) >= 11 is 0. The molecule has 0 amide bonds. The third-order valence-electron chi connectivity index (χ3n) is 6.91. The SMILES string of the molecule is CC(=O)OC/C=C(/C)CCC1=C[C@H](OC(C)=O)[C@@H](OC(C)=O)C2C(C)(C)CCC[C@]12C. The first kappa shape index (κ1) is 25.2. The van der Waals surface area contributed by atoms with Crippen molar-refractivity contribution >= 4 is 17.9 Å². The van der Waals surface area contributed by atoms with Crippen LogP contribution in [0.25, 0.3) is 0 Å². The second-order valence-electron chi connectivity index (χ2n) is 9.93.